The van der Waals surface area contributed by atoms with E-state index < -0.39 is 17.5 Å². The van der Waals surface area contributed by atoms with Crippen LogP contribution in [0.2, 0.25) is 0 Å². The number of ether oxygens (including phenoxy) is 1. The van der Waals surface area contributed by atoms with Crippen molar-refractivity contribution in [3.05, 3.63) is 29.8 Å². The van der Waals surface area contributed by atoms with Crippen LogP contribution in [0.3, 0.4) is 0 Å². The number of nitriles is 1. The lowest BCUT2D eigenvalue weighted by atomic mass is 10.1. The molecule has 154 valence electrons. The zero-order valence-electron chi connectivity index (χ0n) is 16.7. The van der Waals surface area contributed by atoms with Crippen molar-refractivity contribution in [3.8, 4) is 6.07 Å². The van der Waals surface area contributed by atoms with Crippen molar-refractivity contribution in [2.45, 2.75) is 26.4 Å². The predicted octanol–water partition coefficient (Wildman–Crippen LogP) is 1.61. The summed E-state index contributed by atoms with van der Waals surface area (Å²) in [6.07, 6.45) is -0.394. The summed E-state index contributed by atoms with van der Waals surface area (Å²) in [4.78, 5) is 28.3. The summed E-state index contributed by atoms with van der Waals surface area (Å²) in [6.45, 7) is 6.90. The van der Waals surface area contributed by atoms with Crippen LogP contribution in [0.25, 0.3) is 0 Å². The summed E-state index contributed by atoms with van der Waals surface area (Å²) in [7, 11) is 0. The third-order valence-corrected chi connectivity index (χ3v) is 4.03. The number of rotatable bonds is 4. The molecule has 0 saturated carbocycles. The molecule has 1 aromatic rings. The Kier molecular flexibility index (Phi) is 6.77. The molecule has 0 radical (unpaired) electrons. The van der Waals surface area contributed by atoms with E-state index in [1.54, 1.807) is 60.9 Å². The number of carbonyl (C=O) groups is 2. The van der Waals surface area contributed by atoms with Crippen LogP contribution in [0.4, 0.5) is 10.5 Å². The predicted molar refractivity (Wildman–Crippen MR) is 109 cm³/mol. The fourth-order valence-corrected chi connectivity index (χ4v) is 2.62. The Morgan fingerprint density at radius 3 is 2.34 bits per heavy atom. The smallest absolute Gasteiger partial charge is 0.410 e. The van der Waals surface area contributed by atoms with Crippen molar-refractivity contribution in [1.82, 2.24) is 9.80 Å². The Hall–Kier alpha value is -3.61. The highest BCUT2D eigenvalue weighted by Crippen LogP contribution is 2.19. The second-order valence-corrected chi connectivity index (χ2v) is 7.40. The van der Waals surface area contributed by atoms with Crippen LogP contribution < -0.4 is 11.2 Å². The van der Waals surface area contributed by atoms with Crippen LogP contribution >= 0.6 is 0 Å². The monoisotopic (exact) mass is 399 g/mol. The second kappa shape index (κ2) is 9.05. The first-order valence-corrected chi connectivity index (χ1v) is 9.07. The Morgan fingerprint density at radius 2 is 1.79 bits per heavy atom. The van der Waals surface area contributed by atoms with E-state index in [2.05, 4.69) is 10.5 Å². The van der Waals surface area contributed by atoms with Crippen molar-refractivity contribution >= 4 is 29.2 Å². The quantitative estimate of drug-likeness (QED) is 0.398. The van der Waals surface area contributed by atoms with Crippen LogP contribution in [-0.2, 0) is 4.74 Å². The number of nitrogens with two attached hydrogens (primary N) is 1. The number of benzene rings is 1. The molecule has 10 heteroatoms. The van der Waals surface area contributed by atoms with Gasteiger partial charge in [-0.25, -0.2) is 4.79 Å². The molecule has 1 aromatic carbocycles. The Morgan fingerprint density at radius 1 is 1.21 bits per heavy atom. The van der Waals surface area contributed by atoms with Gasteiger partial charge in [0, 0.05) is 26.2 Å². The van der Waals surface area contributed by atoms with Crippen molar-refractivity contribution in [1.29, 1.82) is 10.7 Å². The molecule has 2 amide bonds. The minimum atomic E-state index is -0.572. The number of piperazine rings is 1. The average molecular weight is 399 g/mol. The number of carbonyl (C=O) groups excluding carboxylic acids is 2. The largest absolute Gasteiger partial charge is 0.444 e. The molecular weight excluding hydrogens is 374 g/mol. The van der Waals surface area contributed by atoms with Crippen LogP contribution in [0.15, 0.2) is 29.4 Å². The number of hydrogen-bond acceptors (Lipinski definition) is 7. The van der Waals surface area contributed by atoms with Gasteiger partial charge in [-0.15, -0.1) is 0 Å². The maximum absolute atomic E-state index is 12.9. The molecule has 1 aliphatic rings. The third kappa shape index (κ3) is 5.93. The first-order chi connectivity index (χ1) is 13.6. The van der Waals surface area contributed by atoms with Crippen LogP contribution in [0.5, 0.6) is 0 Å². The first kappa shape index (κ1) is 21.7. The van der Waals surface area contributed by atoms with Crippen molar-refractivity contribution < 1.29 is 14.3 Å². The van der Waals surface area contributed by atoms with E-state index in [0.717, 1.165) is 0 Å². The minimum Gasteiger partial charge on any atom is -0.444 e. The molecule has 1 heterocycles. The molecule has 0 aromatic heterocycles. The number of hydrazone groups is 1. The molecule has 1 fully saturated rings. The Bertz CT molecular complexity index is 859. The zero-order valence-corrected chi connectivity index (χ0v) is 16.7. The maximum atomic E-state index is 12.9. The topological polar surface area (TPSA) is 148 Å². The molecule has 1 aliphatic heterocycles. The van der Waals surface area contributed by atoms with Gasteiger partial charge in [0.05, 0.1) is 11.3 Å². The van der Waals surface area contributed by atoms with Crippen molar-refractivity contribution in [3.63, 3.8) is 0 Å². The fraction of sp³-hybridized carbons (Fsp3) is 0.421. The highest BCUT2D eigenvalue weighted by atomic mass is 16.6. The van der Waals surface area contributed by atoms with Gasteiger partial charge in [-0.2, -0.15) is 10.4 Å². The van der Waals surface area contributed by atoms with Crippen LogP contribution in [0.1, 0.15) is 31.1 Å². The maximum Gasteiger partial charge on any atom is 0.410 e. The lowest BCUT2D eigenvalue weighted by molar-refractivity contribution is 0.0141. The molecule has 2 rings (SSSR count). The number of nitrogens with one attached hydrogen (secondary N) is 2. The third-order valence-electron chi connectivity index (χ3n) is 4.03. The van der Waals surface area contributed by atoms with Crippen molar-refractivity contribution in [2.75, 3.05) is 31.6 Å². The highest BCUT2D eigenvalue weighted by molar-refractivity contribution is 6.45. The number of hydrogen-bond donors (Lipinski definition) is 3. The molecule has 0 spiro atoms. The van der Waals surface area contributed by atoms with Gasteiger partial charge in [-0.3, -0.25) is 15.6 Å². The van der Waals surface area contributed by atoms with Gasteiger partial charge in [0.1, 0.15) is 11.7 Å². The van der Waals surface area contributed by atoms with Gasteiger partial charge in [0.15, 0.2) is 5.84 Å². The molecule has 0 aliphatic carbocycles. The van der Waals surface area contributed by atoms with Gasteiger partial charge in [0.25, 0.3) is 5.91 Å². The van der Waals surface area contributed by atoms with Gasteiger partial charge in [0.2, 0.25) is 5.71 Å². The molecular formula is C19H25N7O3. The summed E-state index contributed by atoms with van der Waals surface area (Å²) in [5.74, 6) is -0.699. The second-order valence-electron chi connectivity index (χ2n) is 7.40. The van der Waals surface area contributed by atoms with Gasteiger partial charge < -0.3 is 20.3 Å². The average Bonchev–Trinajstić information content (AvgIpc) is 2.67. The van der Waals surface area contributed by atoms with E-state index in [4.69, 9.17) is 21.1 Å². The molecule has 0 unspecified atom stereocenters. The lowest BCUT2D eigenvalue weighted by Crippen LogP contribution is -2.51. The Labute approximate surface area is 169 Å². The van der Waals surface area contributed by atoms with Gasteiger partial charge in [-0.05, 0) is 32.9 Å². The number of nitrogens with zero attached hydrogens (tertiary/aromatic N) is 4. The number of amidine groups is 1. The van der Waals surface area contributed by atoms with E-state index in [1.807, 2.05) is 0 Å². The summed E-state index contributed by atoms with van der Waals surface area (Å²) in [5, 5.41) is 20.0. The molecule has 1 saturated heterocycles. The summed E-state index contributed by atoms with van der Waals surface area (Å²) < 4.78 is 5.37. The Balaban J connectivity index is 2.06. The molecule has 0 bridgehead atoms. The SMILES string of the molecule is CC(C)(C)OC(=O)N1CCN(C(=O)c2ccccc2N/N=C(\C#N)C(=N)N)CC1. The molecule has 0 atom stereocenters. The van der Waals surface area contributed by atoms with Gasteiger partial charge in [-0.1, -0.05) is 12.1 Å². The minimum absolute atomic E-state index is 0.228. The number of para-hydroxylation sites is 1. The summed E-state index contributed by atoms with van der Waals surface area (Å²) in [6, 6.07) is 8.42. The number of anilines is 1. The molecule has 10 nitrogen and oxygen atoms in total. The standard InChI is InChI=1S/C19H25N7O3/c1-19(2,3)29-18(28)26-10-8-25(9-11-26)17(27)13-6-4-5-7-14(13)23-24-15(12-20)16(21)22/h4-7,23H,8-11H2,1-3H3,(H3,21,22)/b24-15+. The molecule has 4 N–H and O–H groups in total. The van der Waals surface area contributed by atoms with E-state index in [-0.39, 0.29) is 11.6 Å². The summed E-state index contributed by atoms with van der Waals surface area (Å²) in [5.41, 5.74) is 7.81. The molecule has 29 heavy (non-hydrogen) atoms. The van der Waals surface area contributed by atoms with E-state index in [1.165, 1.54) is 0 Å². The number of amides is 2. The van der Waals surface area contributed by atoms with Crippen LogP contribution in [-0.4, -0.2) is 65.1 Å². The van der Waals surface area contributed by atoms with Crippen LogP contribution in [0, 0.1) is 16.7 Å². The lowest BCUT2D eigenvalue weighted by Gasteiger charge is -2.35. The van der Waals surface area contributed by atoms with Crippen molar-refractivity contribution in [2.24, 2.45) is 10.8 Å². The van der Waals surface area contributed by atoms with E-state index >= 15 is 0 Å². The zero-order chi connectivity index (χ0) is 21.6. The normalized spacial score (nSPS) is 14.8. The van der Waals surface area contributed by atoms with E-state index in [9.17, 15) is 9.59 Å². The summed E-state index contributed by atoms with van der Waals surface area (Å²) >= 11 is 0. The first-order valence-electron chi connectivity index (χ1n) is 9.07. The van der Waals surface area contributed by atoms with E-state index in [0.29, 0.717) is 37.4 Å². The highest BCUT2D eigenvalue weighted by Gasteiger charge is 2.28. The fourth-order valence-electron chi connectivity index (χ4n) is 2.62. The van der Waals surface area contributed by atoms with Gasteiger partial charge >= 0.3 is 6.09 Å².